The van der Waals surface area contributed by atoms with Crippen molar-refractivity contribution in [3.05, 3.63) is 35.5 Å². The summed E-state index contributed by atoms with van der Waals surface area (Å²) >= 11 is 0. The van der Waals surface area contributed by atoms with Gasteiger partial charge in [0.2, 0.25) is 0 Å². The summed E-state index contributed by atoms with van der Waals surface area (Å²) in [7, 11) is 0. The van der Waals surface area contributed by atoms with Gasteiger partial charge in [0, 0.05) is 29.7 Å². The van der Waals surface area contributed by atoms with E-state index in [1.54, 1.807) is 0 Å². The average Bonchev–Trinajstić information content (AvgIpc) is 2.70. The van der Waals surface area contributed by atoms with Crippen molar-refractivity contribution in [2.75, 3.05) is 6.54 Å². The molecule has 2 aromatic rings. The van der Waals surface area contributed by atoms with Crippen molar-refractivity contribution in [1.82, 2.24) is 10.3 Å². The number of nitrogens with one attached hydrogen (secondary N) is 2. The predicted molar refractivity (Wildman–Crippen MR) is 96.9 cm³/mol. The van der Waals surface area contributed by atoms with E-state index in [0.717, 1.165) is 6.42 Å². The van der Waals surface area contributed by atoms with E-state index in [1.165, 1.54) is 22.0 Å². The number of guanidine groups is 1. The summed E-state index contributed by atoms with van der Waals surface area (Å²) in [5.41, 5.74) is 9.52. The van der Waals surface area contributed by atoms with Gasteiger partial charge >= 0.3 is 0 Å². The molecule has 1 heterocycles. The normalized spacial score (nSPS) is 11.7. The summed E-state index contributed by atoms with van der Waals surface area (Å²) in [5.74, 6) is 0.519. The number of halogens is 1. The molecule has 1 aromatic heterocycles. The monoisotopic (exact) mass is 386 g/mol. The number of nitrogens with two attached hydrogens (primary N) is 1. The van der Waals surface area contributed by atoms with Crippen molar-refractivity contribution < 1.29 is 0 Å². The first-order valence-electron chi connectivity index (χ1n) is 6.69. The molecule has 0 aliphatic rings. The Morgan fingerprint density at radius 2 is 2.15 bits per heavy atom. The van der Waals surface area contributed by atoms with Crippen LogP contribution in [0.3, 0.4) is 0 Å². The van der Waals surface area contributed by atoms with Crippen LogP contribution in [-0.2, 0) is 6.42 Å². The third kappa shape index (κ3) is 4.40. The van der Waals surface area contributed by atoms with Crippen LogP contribution in [0.25, 0.3) is 10.9 Å². The van der Waals surface area contributed by atoms with Crippen LogP contribution in [0.4, 0.5) is 0 Å². The first-order valence-corrected chi connectivity index (χ1v) is 6.69. The number of aryl methyl sites for hydroxylation is 1. The van der Waals surface area contributed by atoms with Crippen LogP contribution in [0.2, 0.25) is 0 Å². The van der Waals surface area contributed by atoms with Crippen molar-refractivity contribution in [1.29, 1.82) is 0 Å². The average molecular weight is 386 g/mol. The Balaban J connectivity index is 0.00000200. The van der Waals surface area contributed by atoms with Crippen LogP contribution < -0.4 is 11.1 Å². The molecule has 0 saturated carbocycles. The molecule has 110 valence electrons. The lowest BCUT2D eigenvalue weighted by Gasteiger charge is -2.08. The van der Waals surface area contributed by atoms with E-state index in [4.69, 9.17) is 5.73 Å². The minimum atomic E-state index is 0. The molecule has 0 unspecified atom stereocenters. The van der Waals surface area contributed by atoms with Gasteiger partial charge in [0.1, 0.15) is 0 Å². The molecule has 20 heavy (non-hydrogen) atoms. The Labute approximate surface area is 137 Å². The second-order valence-electron chi connectivity index (χ2n) is 5.18. The molecule has 0 radical (unpaired) electrons. The smallest absolute Gasteiger partial charge is 0.188 e. The summed E-state index contributed by atoms with van der Waals surface area (Å²) in [6.07, 6.45) is 2.95. The number of nitrogens with zero attached hydrogens (tertiary/aromatic N) is 1. The Bertz CT molecular complexity index is 587. The van der Waals surface area contributed by atoms with E-state index in [-0.39, 0.29) is 24.0 Å². The summed E-state index contributed by atoms with van der Waals surface area (Å²) in [6.45, 7) is 6.89. The Kier molecular flexibility index (Phi) is 6.32. The largest absolute Gasteiger partial charge is 0.370 e. The molecule has 4 N–H and O–H groups in total. The van der Waals surface area contributed by atoms with Crippen LogP contribution in [0.1, 0.15) is 25.0 Å². The minimum Gasteiger partial charge on any atom is -0.370 e. The molecule has 5 heteroatoms. The first kappa shape index (κ1) is 16.8. The molecule has 0 spiro atoms. The summed E-state index contributed by atoms with van der Waals surface area (Å²) in [6, 6.07) is 6.78. The summed E-state index contributed by atoms with van der Waals surface area (Å²) in [4.78, 5) is 7.64. The highest BCUT2D eigenvalue weighted by Gasteiger charge is 2.03. The topological polar surface area (TPSA) is 66.2 Å². The number of fused-ring (bicyclic) bond motifs is 1. The number of hydrogen-bond acceptors (Lipinski definition) is 1. The Morgan fingerprint density at radius 3 is 2.85 bits per heavy atom. The van der Waals surface area contributed by atoms with Crippen LogP contribution >= 0.6 is 24.0 Å². The fourth-order valence-corrected chi connectivity index (χ4v) is 2.15. The van der Waals surface area contributed by atoms with Gasteiger partial charge in [-0.1, -0.05) is 12.1 Å². The number of aromatic nitrogens is 1. The zero-order valence-corrected chi connectivity index (χ0v) is 14.6. The maximum Gasteiger partial charge on any atom is 0.188 e. The number of aromatic amines is 1. The van der Waals surface area contributed by atoms with Crippen LogP contribution in [-0.4, -0.2) is 23.5 Å². The molecular formula is C15H23IN4. The van der Waals surface area contributed by atoms with Gasteiger partial charge in [0.15, 0.2) is 5.96 Å². The highest BCUT2D eigenvalue weighted by Crippen LogP contribution is 2.19. The second kappa shape index (κ2) is 7.52. The fourth-order valence-electron chi connectivity index (χ4n) is 2.15. The zero-order chi connectivity index (χ0) is 13.8. The standard InChI is InChI=1S/C15H22N4.HI/c1-10(2)19-15(16)17-7-6-12-9-18-14-8-11(3)4-5-13(12)14;/h4-5,8-10,18H,6-7H2,1-3H3,(H3,16,17,19);1H. The second-order valence-corrected chi connectivity index (χ2v) is 5.18. The Hall–Kier alpha value is -1.24. The van der Waals surface area contributed by atoms with Gasteiger partial charge in [0.05, 0.1) is 0 Å². The number of benzene rings is 1. The van der Waals surface area contributed by atoms with Crippen molar-refractivity contribution in [2.45, 2.75) is 33.2 Å². The van der Waals surface area contributed by atoms with Crippen LogP contribution in [0.15, 0.2) is 29.4 Å². The van der Waals surface area contributed by atoms with E-state index in [9.17, 15) is 0 Å². The van der Waals surface area contributed by atoms with Gasteiger partial charge in [-0.15, -0.1) is 24.0 Å². The van der Waals surface area contributed by atoms with E-state index in [1.807, 2.05) is 13.8 Å². The SMILES string of the molecule is Cc1ccc2c(CCN=C(N)NC(C)C)c[nH]c2c1.I. The summed E-state index contributed by atoms with van der Waals surface area (Å²) in [5, 5.41) is 4.36. The minimum absolute atomic E-state index is 0. The third-order valence-corrected chi connectivity index (χ3v) is 3.02. The van der Waals surface area contributed by atoms with Crippen molar-refractivity contribution >= 4 is 40.8 Å². The molecule has 0 fully saturated rings. The van der Waals surface area contributed by atoms with Crippen molar-refractivity contribution in [3.8, 4) is 0 Å². The third-order valence-electron chi connectivity index (χ3n) is 3.02. The van der Waals surface area contributed by atoms with Crippen LogP contribution in [0, 0.1) is 6.92 Å². The number of rotatable bonds is 4. The molecule has 0 bridgehead atoms. The molecule has 1 aromatic carbocycles. The molecular weight excluding hydrogens is 363 g/mol. The van der Waals surface area contributed by atoms with E-state index in [2.05, 4.69) is 46.6 Å². The van der Waals surface area contributed by atoms with E-state index >= 15 is 0 Å². The zero-order valence-electron chi connectivity index (χ0n) is 12.2. The first-order chi connectivity index (χ1) is 9.06. The van der Waals surface area contributed by atoms with Crippen molar-refractivity contribution in [3.63, 3.8) is 0 Å². The van der Waals surface area contributed by atoms with Gasteiger partial charge in [-0.3, -0.25) is 4.99 Å². The van der Waals surface area contributed by atoms with Crippen molar-refractivity contribution in [2.24, 2.45) is 10.7 Å². The number of hydrogen-bond donors (Lipinski definition) is 3. The molecule has 0 atom stereocenters. The maximum atomic E-state index is 5.78. The highest BCUT2D eigenvalue weighted by molar-refractivity contribution is 14.0. The van der Waals surface area contributed by atoms with Gasteiger partial charge in [0.25, 0.3) is 0 Å². The highest BCUT2D eigenvalue weighted by atomic mass is 127. The van der Waals surface area contributed by atoms with E-state index < -0.39 is 0 Å². The molecule has 0 aliphatic heterocycles. The Morgan fingerprint density at radius 1 is 1.40 bits per heavy atom. The lowest BCUT2D eigenvalue weighted by atomic mass is 10.1. The van der Waals surface area contributed by atoms with Gasteiger partial charge in [-0.2, -0.15) is 0 Å². The number of H-pyrrole nitrogens is 1. The molecule has 2 rings (SSSR count). The predicted octanol–water partition coefficient (Wildman–Crippen LogP) is 2.95. The molecule has 0 amide bonds. The number of aliphatic imine (C=N–C) groups is 1. The van der Waals surface area contributed by atoms with Crippen LogP contribution in [0.5, 0.6) is 0 Å². The molecule has 0 aliphatic carbocycles. The maximum absolute atomic E-state index is 5.78. The molecule has 4 nitrogen and oxygen atoms in total. The molecule has 0 saturated heterocycles. The lowest BCUT2D eigenvalue weighted by Crippen LogP contribution is -2.36. The van der Waals surface area contributed by atoms with E-state index in [0.29, 0.717) is 18.5 Å². The quantitative estimate of drug-likeness (QED) is 0.430. The van der Waals surface area contributed by atoms with Gasteiger partial charge in [-0.25, -0.2) is 0 Å². The summed E-state index contributed by atoms with van der Waals surface area (Å²) < 4.78 is 0. The van der Waals surface area contributed by atoms with Gasteiger partial charge < -0.3 is 16.0 Å². The lowest BCUT2D eigenvalue weighted by molar-refractivity contribution is 0.723. The van der Waals surface area contributed by atoms with Gasteiger partial charge in [-0.05, 0) is 44.4 Å². The fraction of sp³-hybridized carbons (Fsp3) is 0.400.